The molecule has 0 aromatic heterocycles. The lowest BCUT2D eigenvalue weighted by Crippen LogP contribution is -2.38. The average Bonchev–Trinajstić information content (AvgIpc) is 2.66. The van der Waals surface area contributed by atoms with Crippen LogP contribution in [0, 0.1) is 0 Å². The Morgan fingerprint density at radius 1 is 1.15 bits per heavy atom. The molecule has 0 aliphatic rings. The summed E-state index contributed by atoms with van der Waals surface area (Å²) in [5.41, 5.74) is 1.90. The molecule has 3 N–H and O–H groups in total. The monoisotopic (exact) mass is 503 g/mol. The maximum absolute atomic E-state index is 10.3. The number of ether oxygens (including phenoxy) is 1. The second-order valence-electron chi connectivity index (χ2n) is 5.78. The first kappa shape index (κ1) is 23.5. The van der Waals surface area contributed by atoms with E-state index in [4.69, 9.17) is 16.3 Å². The number of nitrogens with one attached hydrogen (secondary N) is 2. The minimum atomic E-state index is -0.735. The Morgan fingerprint density at radius 2 is 1.85 bits per heavy atom. The van der Waals surface area contributed by atoms with Crippen molar-refractivity contribution in [2.75, 3.05) is 26.7 Å². The second kappa shape index (κ2) is 12.8. The quantitative estimate of drug-likeness (QED) is 0.291. The van der Waals surface area contributed by atoms with Crippen molar-refractivity contribution in [2.24, 2.45) is 4.99 Å². The molecule has 2 aromatic carbocycles. The van der Waals surface area contributed by atoms with Crippen molar-refractivity contribution >= 4 is 41.5 Å². The van der Waals surface area contributed by atoms with E-state index in [1.807, 2.05) is 49.4 Å². The smallest absolute Gasteiger partial charge is 0.191 e. The first-order chi connectivity index (χ1) is 12.6. The largest absolute Gasteiger partial charge is 0.497 e. The van der Waals surface area contributed by atoms with Gasteiger partial charge in [-0.3, -0.25) is 4.99 Å². The average molecular weight is 504 g/mol. The van der Waals surface area contributed by atoms with Gasteiger partial charge in [0.2, 0.25) is 0 Å². The highest BCUT2D eigenvalue weighted by molar-refractivity contribution is 14.0. The molecule has 7 heteroatoms. The van der Waals surface area contributed by atoms with Gasteiger partial charge in [0.15, 0.2) is 5.96 Å². The van der Waals surface area contributed by atoms with Crippen LogP contribution in [0.3, 0.4) is 0 Å². The van der Waals surface area contributed by atoms with Crippen molar-refractivity contribution in [3.8, 4) is 5.75 Å². The van der Waals surface area contributed by atoms with Gasteiger partial charge >= 0.3 is 0 Å². The van der Waals surface area contributed by atoms with E-state index in [-0.39, 0.29) is 30.5 Å². The van der Waals surface area contributed by atoms with Crippen LogP contribution in [0.4, 0.5) is 0 Å². The van der Waals surface area contributed by atoms with Gasteiger partial charge < -0.3 is 20.5 Å². The summed E-state index contributed by atoms with van der Waals surface area (Å²) in [6.07, 6.45) is 0.127. The van der Waals surface area contributed by atoms with Gasteiger partial charge in [-0.25, -0.2) is 0 Å². The van der Waals surface area contributed by atoms with E-state index in [1.165, 1.54) is 5.56 Å². The Bertz CT molecular complexity index is 711. The lowest BCUT2D eigenvalue weighted by molar-refractivity contribution is 0.187. The number of halogens is 2. The third kappa shape index (κ3) is 7.94. The van der Waals surface area contributed by atoms with E-state index in [9.17, 15) is 5.11 Å². The zero-order valence-corrected chi connectivity index (χ0v) is 18.7. The van der Waals surface area contributed by atoms with Crippen LogP contribution in [0.2, 0.25) is 5.02 Å². The number of nitrogens with zero attached hydrogens (tertiary/aromatic N) is 1. The summed E-state index contributed by atoms with van der Waals surface area (Å²) in [5, 5.41) is 17.3. The highest BCUT2D eigenvalue weighted by Gasteiger charge is 2.10. The summed E-state index contributed by atoms with van der Waals surface area (Å²) >= 11 is 6.12. The first-order valence-corrected chi connectivity index (χ1v) is 9.09. The van der Waals surface area contributed by atoms with Crippen LogP contribution in [0.5, 0.6) is 5.75 Å². The summed E-state index contributed by atoms with van der Waals surface area (Å²) in [6, 6.07) is 15.3. The topological polar surface area (TPSA) is 65.9 Å². The molecule has 27 heavy (non-hydrogen) atoms. The molecule has 0 saturated heterocycles. The summed E-state index contributed by atoms with van der Waals surface area (Å²) in [6.45, 7) is 3.73. The summed E-state index contributed by atoms with van der Waals surface area (Å²) in [4.78, 5) is 4.46. The van der Waals surface area contributed by atoms with Crippen LogP contribution < -0.4 is 15.4 Å². The van der Waals surface area contributed by atoms with Gasteiger partial charge in [0.1, 0.15) is 11.9 Å². The van der Waals surface area contributed by atoms with Gasteiger partial charge in [-0.15, -0.1) is 24.0 Å². The molecule has 5 nitrogen and oxygen atoms in total. The molecule has 2 aromatic rings. The molecular formula is C20H27ClIN3O2. The molecule has 148 valence electrons. The molecule has 0 aliphatic heterocycles. The predicted octanol–water partition coefficient (Wildman–Crippen LogP) is 3.80. The molecule has 0 bridgehead atoms. The maximum Gasteiger partial charge on any atom is 0.191 e. The Labute approximate surface area is 183 Å². The van der Waals surface area contributed by atoms with Crippen molar-refractivity contribution in [2.45, 2.75) is 19.4 Å². The molecule has 0 saturated carbocycles. The van der Waals surface area contributed by atoms with Gasteiger partial charge in [-0.05, 0) is 37.1 Å². The number of hydrogen-bond acceptors (Lipinski definition) is 3. The molecule has 1 atom stereocenters. The van der Waals surface area contributed by atoms with E-state index in [0.717, 1.165) is 25.3 Å². The minimum absolute atomic E-state index is 0. The van der Waals surface area contributed by atoms with Gasteiger partial charge in [0.05, 0.1) is 13.7 Å². The number of aliphatic hydroxyl groups is 1. The van der Waals surface area contributed by atoms with E-state index in [1.54, 1.807) is 13.2 Å². The van der Waals surface area contributed by atoms with E-state index in [2.05, 4.69) is 15.6 Å². The zero-order valence-electron chi connectivity index (χ0n) is 15.6. The molecule has 2 rings (SSSR count). The van der Waals surface area contributed by atoms with E-state index >= 15 is 0 Å². The standard InChI is InChI=1S/C20H26ClN3O2.HI/c1-3-22-20(23-13-12-15-8-10-16(26-2)11-9-15)24-14-19(25)17-6-4-5-7-18(17)21;/h4-11,19,25H,3,12-14H2,1-2H3,(H2,22,23,24);1H. The molecule has 0 amide bonds. The van der Waals surface area contributed by atoms with Crippen molar-refractivity contribution in [1.29, 1.82) is 0 Å². The van der Waals surface area contributed by atoms with Crippen LogP contribution in [0.25, 0.3) is 0 Å². The number of methoxy groups -OCH3 is 1. The Hall–Kier alpha value is -1.51. The fourth-order valence-corrected chi connectivity index (χ4v) is 2.74. The van der Waals surface area contributed by atoms with Gasteiger partial charge in [0.25, 0.3) is 0 Å². The highest BCUT2D eigenvalue weighted by Crippen LogP contribution is 2.22. The summed E-state index contributed by atoms with van der Waals surface area (Å²) < 4.78 is 5.17. The van der Waals surface area contributed by atoms with Crippen LogP contribution >= 0.6 is 35.6 Å². The number of hydrogen-bond donors (Lipinski definition) is 3. The number of benzene rings is 2. The zero-order chi connectivity index (χ0) is 18.8. The Kier molecular flexibility index (Phi) is 11.2. The lowest BCUT2D eigenvalue weighted by atomic mass is 10.1. The van der Waals surface area contributed by atoms with Crippen molar-refractivity contribution < 1.29 is 9.84 Å². The van der Waals surface area contributed by atoms with Crippen molar-refractivity contribution in [3.05, 3.63) is 64.7 Å². The van der Waals surface area contributed by atoms with Crippen molar-refractivity contribution in [3.63, 3.8) is 0 Å². The molecule has 0 radical (unpaired) electrons. The number of rotatable bonds is 8. The third-order valence-electron chi connectivity index (χ3n) is 3.90. The minimum Gasteiger partial charge on any atom is -0.497 e. The fraction of sp³-hybridized carbons (Fsp3) is 0.350. The Morgan fingerprint density at radius 3 is 2.48 bits per heavy atom. The van der Waals surface area contributed by atoms with Crippen molar-refractivity contribution in [1.82, 2.24) is 10.6 Å². The van der Waals surface area contributed by atoms with Gasteiger partial charge in [-0.2, -0.15) is 0 Å². The molecular weight excluding hydrogens is 477 g/mol. The van der Waals surface area contributed by atoms with Crippen LogP contribution in [-0.2, 0) is 6.42 Å². The first-order valence-electron chi connectivity index (χ1n) is 8.71. The summed E-state index contributed by atoms with van der Waals surface area (Å²) in [7, 11) is 1.66. The number of guanidine groups is 1. The van der Waals surface area contributed by atoms with Gasteiger partial charge in [0, 0.05) is 23.7 Å². The van der Waals surface area contributed by atoms with Crippen LogP contribution in [-0.4, -0.2) is 37.8 Å². The van der Waals surface area contributed by atoms with Gasteiger partial charge in [-0.1, -0.05) is 41.9 Å². The SMILES string of the molecule is CCNC(=NCC(O)c1ccccc1Cl)NCCc1ccc(OC)cc1.I. The Balaban J connectivity index is 0.00000364. The normalized spacial score (nSPS) is 12.1. The highest BCUT2D eigenvalue weighted by atomic mass is 127. The molecule has 1 unspecified atom stereocenters. The number of aliphatic hydroxyl groups excluding tert-OH is 1. The summed E-state index contributed by atoms with van der Waals surface area (Å²) in [5.74, 6) is 1.53. The van der Waals surface area contributed by atoms with Crippen LogP contribution in [0.1, 0.15) is 24.2 Å². The maximum atomic E-state index is 10.3. The molecule has 0 spiro atoms. The predicted molar refractivity (Wildman–Crippen MR) is 123 cm³/mol. The fourth-order valence-electron chi connectivity index (χ4n) is 2.48. The lowest BCUT2D eigenvalue weighted by Gasteiger charge is -2.14. The molecule has 0 aliphatic carbocycles. The van der Waals surface area contributed by atoms with Crippen LogP contribution in [0.15, 0.2) is 53.5 Å². The molecule has 0 fully saturated rings. The number of aliphatic imine (C=N–C) groups is 1. The second-order valence-corrected chi connectivity index (χ2v) is 6.19. The molecule has 0 heterocycles. The van der Waals surface area contributed by atoms with E-state index in [0.29, 0.717) is 16.5 Å². The van der Waals surface area contributed by atoms with E-state index < -0.39 is 6.10 Å². The third-order valence-corrected chi connectivity index (χ3v) is 4.24.